The van der Waals surface area contributed by atoms with Crippen molar-refractivity contribution in [3.63, 3.8) is 0 Å². The molecule has 5 nitrogen and oxygen atoms in total. The fourth-order valence-electron chi connectivity index (χ4n) is 1.82. The van der Waals surface area contributed by atoms with E-state index in [2.05, 4.69) is 16.4 Å². The van der Waals surface area contributed by atoms with Crippen LogP contribution >= 0.6 is 0 Å². The maximum absolute atomic E-state index is 5.86. The van der Waals surface area contributed by atoms with Crippen molar-refractivity contribution in [1.29, 1.82) is 0 Å². The van der Waals surface area contributed by atoms with E-state index in [9.17, 15) is 0 Å². The van der Waals surface area contributed by atoms with Crippen molar-refractivity contribution >= 4 is 5.96 Å². The average molecular weight is 279 g/mol. The first-order valence-corrected chi connectivity index (χ1v) is 6.87. The van der Waals surface area contributed by atoms with Crippen molar-refractivity contribution in [2.24, 2.45) is 10.7 Å². The number of aliphatic imine (C=N–C) groups is 1. The highest BCUT2D eigenvalue weighted by atomic mass is 16.5. The van der Waals surface area contributed by atoms with Gasteiger partial charge in [0.25, 0.3) is 0 Å². The molecule has 1 unspecified atom stereocenters. The normalized spacial score (nSPS) is 13.2. The van der Waals surface area contributed by atoms with Crippen LogP contribution in [0.3, 0.4) is 0 Å². The second-order valence-electron chi connectivity index (χ2n) is 4.61. The lowest BCUT2D eigenvalue weighted by molar-refractivity contribution is 0.133. The number of guanidine groups is 1. The number of nitrogens with two attached hydrogens (primary N) is 1. The molecule has 0 aliphatic rings. The lowest BCUT2D eigenvalue weighted by atomic mass is 10.1. The van der Waals surface area contributed by atoms with Gasteiger partial charge in [0.05, 0.1) is 19.8 Å². The van der Waals surface area contributed by atoms with Crippen molar-refractivity contribution in [2.45, 2.75) is 33.0 Å². The minimum atomic E-state index is 0.141. The van der Waals surface area contributed by atoms with E-state index in [1.807, 2.05) is 32.0 Å². The molecule has 0 aromatic heterocycles. The molecule has 1 rings (SSSR count). The SMILES string of the molecule is CCOCc1ccccc1CN=C(N)NC(C)COC. The van der Waals surface area contributed by atoms with Crippen LogP contribution in [0.4, 0.5) is 0 Å². The fraction of sp³-hybridized carbons (Fsp3) is 0.533. The van der Waals surface area contributed by atoms with Gasteiger partial charge in [-0.25, -0.2) is 4.99 Å². The first kappa shape index (κ1) is 16.5. The van der Waals surface area contributed by atoms with Gasteiger partial charge >= 0.3 is 0 Å². The second-order valence-corrected chi connectivity index (χ2v) is 4.61. The highest BCUT2D eigenvalue weighted by Gasteiger charge is 2.03. The van der Waals surface area contributed by atoms with Gasteiger partial charge in [-0.2, -0.15) is 0 Å². The van der Waals surface area contributed by atoms with Gasteiger partial charge < -0.3 is 20.5 Å². The van der Waals surface area contributed by atoms with E-state index >= 15 is 0 Å². The van der Waals surface area contributed by atoms with E-state index in [1.165, 1.54) is 0 Å². The number of ether oxygens (including phenoxy) is 2. The van der Waals surface area contributed by atoms with Crippen molar-refractivity contribution in [3.8, 4) is 0 Å². The number of hydrogen-bond acceptors (Lipinski definition) is 3. The van der Waals surface area contributed by atoms with E-state index in [0.29, 0.717) is 32.3 Å². The Bertz CT molecular complexity index is 421. The summed E-state index contributed by atoms with van der Waals surface area (Å²) in [5.74, 6) is 0.431. The van der Waals surface area contributed by atoms with Crippen LogP contribution in [0, 0.1) is 0 Å². The third-order valence-electron chi connectivity index (χ3n) is 2.81. The number of nitrogens with zero attached hydrogens (tertiary/aromatic N) is 1. The monoisotopic (exact) mass is 279 g/mol. The molecule has 5 heteroatoms. The fourth-order valence-corrected chi connectivity index (χ4v) is 1.82. The number of hydrogen-bond donors (Lipinski definition) is 2. The summed E-state index contributed by atoms with van der Waals surface area (Å²) in [7, 11) is 1.66. The molecule has 0 saturated carbocycles. The van der Waals surface area contributed by atoms with Gasteiger partial charge in [0.1, 0.15) is 0 Å². The molecule has 0 fully saturated rings. The number of methoxy groups -OCH3 is 1. The zero-order valence-corrected chi connectivity index (χ0v) is 12.6. The third kappa shape index (κ3) is 6.04. The van der Waals surface area contributed by atoms with Crippen molar-refractivity contribution in [2.75, 3.05) is 20.3 Å². The topological polar surface area (TPSA) is 68.9 Å². The van der Waals surface area contributed by atoms with Crippen LogP contribution in [0.2, 0.25) is 0 Å². The first-order chi connectivity index (χ1) is 9.67. The van der Waals surface area contributed by atoms with Gasteiger partial charge in [-0.1, -0.05) is 24.3 Å². The van der Waals surface area contributed by atoms with Gasteiger partial charge in [-0.3, -0.25) is 0 Å². The Balaban J connectivity index is 2.59. The Morgan fingerprint density at radius 2 is 2.05 bits per heavy atom. The van der Waals surface area contributed by atoms with Crippen LogP contribution in [0.1, 0.15) is 25.0 Å². The van der Waals surface area contributed by atoms with Crippen molar-refractivity contribution in [1.82, 2.24) is 5.32 Å². The third-order valence-corrected chi connectivity index (χ3v) is 2.81. The van der Waals surface area contributed by atoms with Gasteiger partial charge in [0.2, 0.25) is 0 Å². The van der Waals surface area contributed by atoms with Crippen LogP contribution in [0.5, 0.6) is 0 Å². The maximum atomic E-state index is 5.86. The molecule has 0 aliphatic heterocycles. The molecule has 0 spiro atoms. The molecule has 0 amide bonds. The molecule has 0 heterocycles. The molecular formula is C15H25N3O2. The quantitative estimate of drug-likeness (QED) is 0.561. The number of benzene rings is 1. The minimum absolute atomic E-state index is 0.141. The predicted molar refractivity (Wildman–Crippen MR) is 81.6 cm³/mol. The molecule has 3 N–H and O–H groups in total. The van der Waals surface area contributed by atoms with Gasteiger partial charge in [0, 0.05) is 19.8 Å². The Hall–Kier alpha value is -1.59. The van der Waals surface area contributed by atoms with E-state index in [0.717, 1.165) is 11.1 Å². The molecule has 112 valence electrons. The van der Waals surface area contributed by atoms with Crippen molar-refractivity contribution in [3.05, 3.63) is 35.4 Å². The molecule has 20 heavy (non-hydrogen) atoms. The standard InChI is InChI=1S/C15H25N3O2/c1-4-20-11-14-8-6-5-7-13(14)9-17-15(16)18-12(2)10-19-3/h5-8,12H,4,9-11H2,1-3H3,(H3,16,17,18). The summed E-state index contributed by atoms with van der Waals surface area (Å²) >= 11 is 0. The van der Waals surface area contributed by atoms with Crippen molar-refractivity contribution < 1.29 is 9.47 Å². The highest BCUT2D eigenvalue weighted by Crippen LogP contribution is 2.11. The summed E-state index contributed by atoms with van der Waals surface area (Å²) in [6.07, 6.45) is 0. The minimum Gasteiger partial charge on any atom is -0.383 e. The summed E-state index contributed by atoms with van der Waals surface area (Å²) in [5.41, 5.74) is 8.13. The molecule has 1 aromatic rings. The first-order valence-electron chi connectivity index (χ1n) is 6.87. The summed E-state index contributed by atoms with van der Waals surface area (Å²) in [5, 5.41) is 3.09. The van der Waals surface area contributed by atoms with Crippen LogP contribution in [0.15, 0.2) is 29.3 Å². The Morgan fingerprint density at radius 1 is 1.35 bits per heavy atom. The van der Waals surface area contributed by atoms with Crippen LogP contribution in [-0.4, -0.2) is 32.3 Å². The Morgan fingerprint density at radius 3 is 2.70 bits per heavy atom. The Labute approximate surface area is 121 Å². The zero-order chi connectivity index (χ0) is 14.8. The van der Waals surface area contributed by atoms with Gasteiger partial charge in [-0.05, 0) is 25.0 Å². The molecule has 0 radical (unpaired) electrons. The van der Waals surface area contributed by atoms with Crippen LogP contribution in [0.25, 0.3) is 0 Å². The molecule has 1 aromatic carbocycles. The molecule has 1 atom stereocenters. The zero-order valence-electron chi connectivity index (χ0n) is 12.6. The van der Waals surface area contributed by atoms with Gasteiger partial charge in [0.15, 0.2) is 5.96 Å². The summed E-state index contributed by atoms with van der Waals surface area (Å²) < 4.78 is 10.5. The lowest BCUT2D eigenvalue weighted by Gasteiger charge is -2.13. The highest BCUT2D eigenvalue weighted by molar-refractivity contribution is 5.78. The number of nitrogens with one attached hydrogen (secondary N) is 1. The van der Waals surface area contributed by atoms with E-state index < -0.39 is 0 Å². The van der Waals surface area contributed by atoms with E-state index in [4.69, 9.17) is 15.2 Å². The number of rotatable bonds is 8. The summed E-state index contributed by atoms with van der Waals surface area (Å²) in [6, 6.07) is 8.24. The smallest absolute Gasteiger partial charge is 0.189 e. The molecular weight excluding hydrogens is 254 g/mol. The van der Waals surface area contributed by atoms with E-state index in [1.54, 1.807) is 7.11 Å². The lowest BCUT2D eigenvalue weighted by Crippen LogP contribution is -2.40. The summed E-state index contributed by atoms with van der Waals surface area (Å²) in [6.45, 7) is 6.43. The van der Waals surface area contributed by atoms with Crippen LogP contribution in [-0.2, 0) is 22.6 Å². The molecule has 0 aliphatic carbocycles. The molecule has 0 saturated heterocycles. The maximum Gasteiger partial charge on any atom is 0.189 e. The average Bonchev–Trinajstić information content (AvgIpc) is 2.44. The summed E-state index contributed by atoms with van der Waals surface area (Å²) in [4.78, 5) is 4.36. The Kier molecular flexibility index (Phi) is 7.69. The largest absolute Gasteiger partial charge is 0.383 e. The van der Waals surface area contributed by atoms with E-state index in [-0.39, 0.29) is 6.04 Å². The molecule has 0 bridgehead atoms. The second kappa shape index (κ2) is 9.34. The van der Waals surface area contributed by atoms with Gasteiger partial charge in [-0.15, -0.1) is 0 Å². The van der Waals surface area contributed by atoms with Crippen LogP contribution < -0.4 is 11.1 Å². The predicted octanol–water partition coefficient (Wildman–Crippen LogP) is 1.66.